The number of hydrogen-bond donors (Lipinski definition) is 2. The van der Waals surface area contributed by atoms with E-state index in [1.807, 2.05) is 42.5 Å². The number of nitrogens with one attached hydrogen (secondary N) is 1. The molecule has 6 nitrogen and oxygen atoms in total. The van der Waals surface area contributed by atoms with Crippen LogP contribution in [0.5, 0.6) is 0 Å². The minimum absolute atomic E-state index is 0.194. The SMILES string of the molecule is CC(C)c1ccc(NC(=O)CO/N=C(/N)c2cccc(CN3CCCCC3)c2)cc1. The highest BCUT2D eigenvalue weighted by Crippen LogP contribution is 2.17. The first kappa shape index (κ1) is 21.8. The number of oxime groups is 1. The summed E-state index contributed by atoms with van der Waals surface area (Å²) in [6, 6.07) is 15.8. The van der Waals surface area contributed by atoms with E-state index in [-0.39, 0.29) is 18.3 Å². The van der Waals surface area contributed by atoms with Crippen molar-refractivity contribution >= 4 is 17.4 Å². The standard InChI is InChI=1S/C24H32N4O2/c1-18(2)20-9-11-22(12-10-20)26-23(29)17-30-27-24(25)21-8-6-7-19(15-21)16-28-13-4-3-5-14-28/h6-12,15,18H,3-5,13-14,16-17H2,1-2H3,(H2,25,27)(H,26,29). The third-order valence-corrected chi connectivity index (χ3v) is 5.30. The average molecular weight is 409 g/mol. The van der Waals surface area contributed by atoms with Crippen LogP contribution in [0.15, 0.2) is 53.7 Å². The van der Waals surface area contributed by atoms with Crippen LogP contribution < -0.4 is 11.1 Å². The molecule has 0 saturated carbocycles. The van der Waals surface area contributed by atoms with Gasteiger partial charge in [0, 0.05) is 17.8 Å². The fraction of sp³-hybridized carbons (Fsp3) is 0.417. The highest BCUT2D eigenvalue weighted by Gasteiger charge is 2.11. The van der Waals surface area contributed by atoms with Gasteiger partial charge < -0.3 is 15.9 Å². The largest absolute Gasteiger partial charge is 0.384 e. The summed E-state index contributed by atoms with van der Waals surface area (Å²) >= 11 is 0. The van der Waals surface area contributed by atoms with Gasteiger partial charge in [0.25, 0.3) is 5.91 Å². The topological polar surface area (TPSA) is 79.9 Å². The third kappa shape index (κ3) is 6.59. The Hall–Kier alpha value is -2.86. The average Bonchev–Trinajstić information content (AvgIpc) is 2.75. The van der Waals surface area contributed by atoms with Gasteiger partial charge in [-0.1, -0.05) is 55.8 Å². The Kier molecular flexibility index (Phi) is 7.85. The highest BCUT2D eigenvalue weighted by molar-refractivity contribution is 5.97. The summed E-state index contributed by atoms with van der Waals surface area (Å²) in [5.41, 5.74) is 10.0. The van der Waals surface area contributed by atoms with E-state index in [4.69, 9.17) is 10.6 Å². The zero-order valence-electron chi connectivity index (χ0n) is 17.9. The summed E-state index contributed by atoms with van der Waals surface area (Å²) in [7, 11) is 0. The Morgan fingerprint density at radius 2 is 1.87 bits per heavy atom. The van der Waals surface area contributed by atoms with Crippen LogP contribution in [-0.4, -0.2) is 36.3 Å². The van der Waals surface area contributed by atoms with Crippen molar-refractivity contribution in [3.8, 4) is 0 Å². The molecule has 3 rings (SSSR count). The number of amides is 1. The predicted molar refractivity (Wildman–Crippen MR) is 121 cm³/mol. The van der Waals surface area contributed by atoms with Gasteiger partial charge in [0.15, 0.2) is 12.4 Å². The summed E-state index contributed by atoms with van der Waals surface area (Å²) in [4.78, 5) is 19.7. The van der Waals surface area contributed by atoms with Crippen LogP contribution in [0.3, 0.4) is 0 Å². The molecule has 0 bridgehead atoms. The molecule has 2 aromatic rings. The maximum Gasteiger partial charge on any atom is 0.265 e. The summed E-state index contributed by atoms with van der Waals surface area (Å²) < 4.78 is 0. The van der Waals surface area contributed by atoms with Crippen LogP contribution in [0.2, 0.25) is 0 Å². The van der Waals surface area contributed by atoms with Crippen LogP contribution in [0.25, 0.3) is 0 Å². The number of nitrogens with two attached hydrogens (primary N) is 1. The molecule has 1 fully saturated rings. The number of nitrogens with zero attached hydrogens (tertiary/aromatic N) is 2. The molecule has 0 spiro atoms. The first-order valence-corrected chi connectivity index (χ1v) is 10.7. The van der Waals surface area contributed by atoms with Crippen LogP contribution in [0.4, 0.5) is 5.69 Å². The molecule has 1 aliphatic heterocycles. The molecule has 0 unspecified atom stereocenters. The van der Waals surface area contributed by atoms with Gasteiger partial charge in [0.05, 0.1) is 0 Å². The van der Waals surface area contributed by atoms with E-state index >= 15 is 0 Å². The van der Waals surface area contributed by atoms with Gasteiger partial charge in [-0.3, -0.25) is 9.69 Å². The Morgan fingerprint density at radius 3 is 2.57 bits per heavy atom. The molecule has 0 aromatic heterocycles. The molecular weight excluding hydrogens is 376 g/mol. The second kappa shape index (κ2) is 10.8. The molecule has 6 heteroatoms. The number of carbonyl (C=O) groups is 1. The van der Waals surface area contributed by atoms with Crippen LogP contribution in [0.1, 0.15) is 55.7 Å². The lowest BCUT2D eigenvalue weighted by Gasteiger charge is -2.26. The first-order chi connectivity index (χ1) is 14.5. The van der Waals surface area contributed by atoms with E-state index in [0.717, 1.165) is 30.9 Å². The maximum atomic E-state index is 12.1. The van der Waals surface area contributed by atoms with E-state index in [0.29, 0.717) is 5.92 Å². The van der Waals surface area contributed by atoms with Crippen molar-refractivity contribution in [2.75, 3.05) is 25.0 Å². The zero-order chi connectivity index (χ0) is 21.3. The summed E-state index contributed by atoms with van der Waals surface area (Å²) in [5.74, 6) is 0.445. The van der Waals surface area contributed by atoms with Gasteiger partial charge in [-0.2, -0.15) is 0 Å². The van der Waals surface area contributed by atoms with E-state index in [1.54, 1.807) is 0 Å². The second-order valence-corrected chi connectivity index (χ2v) is 8.11. The highest BCUT2D eigenvalue weighted by atomic mass is 16.6. The minimum Gasteiger partial charge on any atom is -0.384 e. The lowest BCUT2D eigenvalue weighted by atomic mass is 10.0. The van der Waals surface area contributed by atoms with Crippen LogP contribution in [-0.2, 0) is 16.2 Å². The van der Waals surface area contributed by atoms with E-state index in [1.165, 1.54) is 30.4 Å². The molecule has 0 atom stereocenters. The fourth-order valence-corrected chi connectivity index (χ4v) is 3.57. The van der Waals surface area contributed by atoms with E-state index < -0.39 is 0 Å². The van der Waals surface area contributed by atoms with Gasteiger partial charge in [-0.15, -0.1) is 0 Å². The molecule has 1 saturated heterocycles. The molecule has 160 valence electrons. The Balaban J connectivity index is 1.49. The zero-order valence-corrected chi connectivity index (χ0v) is 17.9. The first-order valence-electron chi connectivity index (χ1n) is 10.7. The lowest BCUT2D eigenvalue weighted by molar-refractivity contribution is -0.120. The van der Waals surface area contributed by atoms with Crippen molar-refractivity contribution in [2.24, 2.45) is 10.9 Å². The Bertz CT molecular complexity index is 856. The number of amidine groups is 1. The smallest absolute Gasteiger partial charge is 0.265 e. The number of carbonyl (C=O) groups excluding carboxylic acids is 1. The number of benzene rings is 2. The molecule has 1 aliphatic rings. The number of rotatable bonds is 8. The second-order valence-electron chi connectivity index (χ2n) is 8.11. The third-order valence-electron chi connectivity index (χ3n) is 5.30. The molecule has 3 N–H and O–H groups in total. The van der Waals surface area contributed by atoms with Gasteiger partial charge in [0.1, 0.15) is 0 Å². The van der Waals surface area contributed by atoms with Crippen molar-refractivity contribution in [3.05, 3.63) is 65.2 Å². The molecular formula is C24H32N4O2. The molecule has 0 aliphatic carbocycles. The molecule has 30 heavy (non-hydrogen) atoms. The van der Waals surface area contributed by atoms with Crippen LogP contribution >= 0.6 is 0 Å². The van der Waals surface area contributed by atoms with Crippen molar-refractivity contribution in [2.45, 2.75) is 45.6 Å². The maximum absolute atomic E-state index is 12.1. The van der Waals surface area contributed by atoms with Crippen molar-refractivity contribution in [1.82, 2.24) is 4.90 Å². The molecule has 0 radical (unpaired) electrons. The minimum atomic E-state index is -0.275. The summed E-state index contributed by atoms with van der Waals surface area (Å²) in [5, 5.41) is 6.72. The Morgan fingerprint density at radius 1 is 1.13 bits per heavy atom. The Labute approximate surface area is 179 Å². The lowest BCUT2D eigenvalue weighted by Crippen LogP contribution is -2.29. The summed E-state index contributed by atoms with van der Waals surface area (Å²) in [6.07, 6.45) is 3.85. The number of piperidine rings is 1. The van der Waals surface area contributed by atoms with E-state index in [9.17, 15) is 4.79 Å². The molecule has 2 aromatic carbocycles. The van der Waals surface area contributed by atoms with Gasteiger partial charge in [0.2, 0.25) is 0 Å². The number of hydrogen-bond acceptors (Lipinski definition) is 4. The van der Waals surface area contributed by atoms with E-state index in [2.05, 4.69) is 35.3 Å². The quantitative estimate of drug-likeness (QED) is 0.392. The predicted octanol–water partition coefficient (Wildman–Crippen LogP) is 4.07. The monoisotopic (exact) mass is 408 g/mol. The van der Waals surface area contributed by atoms with Crippen molar-refractivity contribution in [3.63, 3.8) is 0 Å². The number of likely N-dealkylation sites (tertiary alicyclic amines) is 1. The normalized spacial score (nSPS) is 15.2. The summed E-state index contributed by atoms with van der Waals surface area (Å²) in [6.45, 7) is 7.28. The molecule has 1 amide bonds. The van der Waals surface area contributed by atoms with Gasteiger partial charge in [-0.25, -0.2) is 0 Å². The fourth-order valence-electron chi connectivity index (χ4n) is 3.57. The number of anilines is 1. The molecule has 1 heterocycles. The van der Waals surface area contributed by atoms with Crippen molar-refractivity contribution < 1.29 is 9.63 Å². The van der Waals surface area contributed by atoms with Crippen molar-refractivity contribution in [1.29, 1.82) is 0 Å². The van der Waals surface area contributed by atoms with Gasteiger partial charge in [-0.05, 0) is 61.2 Å². The van der Waals surface area contributed by atoms with Crippen LogP contribution in [0, 0.1) is 0 Å². The van der Waals surface area contributed by atoms with Gasteiger partial charge >= 0.3 is 0 Å².